The van der Waals surface area contributed by atoms with Crippen LogP contribution in [0.2, 0.25) is 5.02 Å². The third kappa shape index (κ3) is 2.58. The van der Waals surface area contributed by atoms with Crippen molar-refractivity contribution < 1.29 is 4.79 Å². The number of hydrogen-bond donors (Lipinski definition) is 1. The molecule has 0 spiro atoms. The maximum atomic E-state index is 13.3. The van der Waals surface area contributed by atoms with E-state index in [1.54, 1.807) is 6.20 Å². The number of halogens is 1. The van der Waals surface area contributed by atoms with Crippen LogP contribution in [0, 0.1) is 5.41 Å². The van der Waals surface area contributed by atoms with Crippen molar-refractivity contribution in [3.05, 3.63) is 23.4 Å². The highest BCUT2D eigenvalue weighted by molar-refractivity contribution is 6.30. The van der Waals surface area contributed by atoms with Crippen LogP contribution in [0.15, 0.2) is 18.3 Å². The average Bonchev–Trinajstić information content (AvgIpc) is 3.23. The van der Waals surface area contributed by atoms with Crippen molar-refractivity contribution in [2.75, 3.05) is 31.1 Å². The van der Waals surface area contributed by atoms with E-state index in [2.05, 4.69) is 27.0 Å². The molecule has 3 aliphatic rings. The molecule has 5 nitrogen and oxygen atoms in total. The molecule has 1 aromatic heterocycles. The van der Waals surface area contributed by atoms with Gasteiger partial charge in [0.05, 0.1) is 10.4 Å². The first kappa shape index (κ1) is 16.2. The molecule has 3 atom stereocenters. The van der Waals surface area contributed by atoms with Gasteiger partial charge < -0.3 is 15.1 Å². The molecule has 6 heteroatoms. The van der Waals surface area contributed by atoms with Crippen molar-refractivity contribution in [2.45, 2.75) is 44.7 Å². The van der Waals surface area contributed by atoms with Gasteiger partial charge in [0.15, 0.2) is 0 Å². The standard InChI is InChI=1S/C18H25ClN4O/c1-2-18(11-14-4-5-15(18)21-14)17(24)23-9-7-22(8-10-23)16-6-3-13(19)12-20-16/h3,6,12,14-15,21H,2,4-5,7-11H2,1H3/t14-,15+,18+/m0/s1. The highest BCUT2D eigenvalue weighted by Gasteiger charge is 2.55. The van der Waals surface area contributed by atoms with Gasteiger partial charge in [0.2, 0.25) is 5.91 Å². The third-order valence-corrected chi connectivity index (χ3v) is 6.40. The number of nitrogens with zero attached hydrogens (tertiary/aromatic N) is 3. The summed E-state index contributed by atoms with van der Waals surface area (Å²) in [4.78, 5) is 22.0. The lowest BCUT2D eigenvalue weighted by molar-refractivity contribution is -0.144. The van der Waals surface area contributed by atoms with E-state index in [0.717, 1.165) is 51.3 Å². The Morgan fingerprint density at radius 3 is 2.67 bits per heavy atom. The SMILES string of the molecule is CC[C@@]1(C(=O)N2CCN(c3ccc(Cl)cn3)CC2)C[C@@H]2CC[C@H]1N2. The van der Waals surface area contributed by atoms with Gasteiger partial charge in [0, 0.05) is 44.5 Å². The molecular formula is C18H25ClN4O. The lowest BCUT2D eigenvalue weighted by Gasteiger charge is -2.42. The number of pyridine rings is 1. The Labute approximate surface area is 148 Å². The Morgan fingerprint density at radius 1 is 1.33 bits per heavy atom. The molecule has 4 rings (SSSR count). The Kier molecular flexibility index (Phi) is 4.17. The van der Waals surface area contributed by atoms with Crippen LogP contribution < -0.4 is 10.2 Å². The summed E-state index contributed by atoms with van der Waals surface area (Å²) in [5, 5.41) is 4.30. The van der Waals surface area contributed by atoms with Crippen LogP contribution in [-0.4, -0.2) is 54.1 Å². The van der Waals surface area contributed by atoms with E-state index in [-0.39, 0.29) is 5.41 Å². The van der Waals surface area contributed by atoms with Crippen molar-refractivity contribution in [3.63, 3.8) is 0 Å². The van der Waals surface area contributed by atoms with Crippen molar-refractivity contribution >= 4 is 23.3 Å². The van der Waals surface area contributed by atoms with E-state index in [1.807, 2.05) is 12.1 Å². The van der Waals surface area contributed by atoms with Gasteiger partial charge in [-0.25, -0.2) is 4.98 Å². The second-order valence-corrected chi connectivity index (χ2v) is 7.76. The van der Waals surface area contributed by atoms with Crippen molar-refractivity contribution in [3.8, 4) is 0 Å². The Hall–Kier alpha value is -1.33. The van der Waals surface area contributed by atoms with Crippen LogP contribution in [-0.2, 0) is 4.79 Å². The second kappa shape index (κ2) is 6.19. The molecule has 0 saturated carbocycles. The van der Waals surface area contributed by atoms with E-state index in [9.17, 15) is 4.79 Å². The number of carbonyl (C=O) groups is 1. The number of hydrogen-bond acceptors (Lipinski definition) is 4. The van der Waals surface area contributed by atoms with Crippen LogP contribution in [0.25, 0.3) is 0 Å². The molecule has 1 N–H and O–H groups in total. The van der Waals surface area contributed by atoms with Gasteiger partial charge in [-0.3, -0.25) is 4.79 Å². The predicted molar refractivity (Wildman–Crippen MR) is 95.3 cm³/mol. The molecule has 1 amide bonds. The Balaban J connectivity index is 1.42. The van der Waals surface area contributed by atoms with Crippen LogP contribution in [0.1, 0.15) is 32.6 Å². The zero-order valence-corrected chi connectivity index (χ0v) is 14.9. The van der Waals surface area contributed by atoms with E-state index >= 15 is 0 Å². The molecule has 3 fully saturated rings. The van der Waals surface area contributed by atoms with Crippen molar-refractivity contribution in [2.24, 2.45) is 5.41 Å². The molecule has 130 valence electrons. The monoisotopic (exact) mass is 348 g/mol. The highest BCUT2D eigenvalue weighted by Crippen LogP contribution is 2.47. The van der Waals surface area contributed by atoms with E-state index in [0.29, 0.717) is 23.0 Å². The highest BCUT2D eigenvalue weighted by atomic mass is 35.5. The first-order chi connectivity index (χ1) is 11.6. The van der Waals surface area contributed by atoms with E-state index < -0.39 is 0 Å². The normalized spacial score (nSPS) is 32.4. The molecular weight excluding hydrogens is 324 g/mol. The van der Waals surface area contributed by atoms with E-state index in [1.165, 1.54) is 6.42 Å². The summed E-state index contributed by atoms with van der Waals surface area (Å²) in [6.45, 7) is 5.40. The van der Waals surface area contributed by atoms with Crippen LogP contribution >= 0.6 is 11.6 Å². The van der Waals surface area contributed by atoms with Crippen molar-refractivity contribution in [1.82, 2.24) is 15.2 Å². The van der Waals surface area contributed by atoms with Gasteiger partial charge in [-0.2, -0.15) is 0 Å². The smallest absolute Gasteiger partial charge is 0.230 e. The number of aromatic nitrogens is 1. The van der Waals surface area contributed by atoms with Gasteiger partial charge in [-0.15, -0.1) is 0 Å². The lowest BCUT2D eigenvalue weighted by Crippen LogP contribution is -2.56. The maximum Gasteiger partial charge on any atom is 0.230 e. The Morgan fingerprint density at radius 2 is 2.12 bits per heavy atom. The third-order valence-electron chi connectivity index (χ3n) is 6.18. The zero-order chi connectivity index (χ0) is 16.7. The van der Waals surface area contributed by atoms with Crippen molar-refractivity contribution in [1.29, 1.82) is 0 Å². The number of carbonyl (C=O) groups excluding carboxylic acids is 1. The summed E-state index contributed by atoms with van der Waals surface area (Å²) in [6, 6.07) is 4.76. The van der Waals surface area contributed by atoms with E-state index in [4.69, 9.17) is 11.6 Å². The van der Waals surface area contributed by atoms with Gasteiger partial charge >= 0.3 is 0 Å². The molecule has 2 bridgehead atoms. The van der Waals surface area contributed by atoms with Gasteiger partial charge in [0.1, 0.15) is 5.82 Å². The van der Waals surface area contributed by atoms with Crippen LogP contribution in [0.3, 0.4) is 0 Å². The lowest BCUT2D eigenvalue weighted by atomic mass is 9.70. The summed E-state index contributed by atoms with van der Waals surface area (Å²) >= 11 is 5.91. The minimum absolute atomic E-state index is 0.163. The molecule has 0 aliphatic carbocycles. The molecule has 0 radical (unpaired) electrons. The maximum absolute atomic E-state index is 13.3. The van der Waals surface area contributed by atoms with Gasteiger partial charge in [-0.1, -0.05) is 18.5 Å². The van der Waals surface area contributed by atoms with Gasteiger partial charge in [0.25, 0.3) is 0 Å². The number of nitrogens with one attached hydrogen (secondary N) is 1. The zero-order valence-electron chi connectivity index (χ0n) is 14.2. The fraction of sp³-hybridized carbons (Fsp3) is 0.667. The predicted octanol–water partition coefficient (Wildman–Crippen LogP) is 2.30. The molecule has 3 saturated heterocycles. The number of piperazine rings is 1. The summed E-state index contributed by atoms with van der Waals surface area (Å²) < 4.78 is 0. The molecule has 3 aliphatic heterocycles. The molecule has 24 heavy (non-hydrogen) atoms. The van der Waals surface area contributed by atoms with Crippen LogP contribution in [0.4, 0.5) is 5.82 Å². The number of anilines is 1. The summed E-state index contributed by atoms with van der Waals surface area (Å²) in [6.07, 6.45) is 6.03. The summed E-state index contributed by atoms with van der Waals surface area (Å²) in [5.74, 6) is 1.31. The summed E-state index contributed by atoms with van der Waals surface area (Å²) in [7, 11) is 0. The quantitative estimate of drug-likeness (QED) is 0.910. The molecule has 0 aromatic carbocycles. The Bertz CT molecular complexity index is 614. The molecule has 1 aromatic rings. The second-order valence-electron chi connectivity index (χ2n) is 7.32. The molecule has 4 heterocycles. The number of fused-ring (bicyclic) bond motifs is 2. The summed E-state index contributed by atoms with van der Waals surface area (Å²) in [5.41, 5.74) is -0.163. The minimum atomic E-state index is -0.163. The fourth-order valence-electron chi connectivity index (χ4n) is 4.78. The first-order valence-electron chi connectivity index (χ1n) is 9.04. The van der Waals surface area contributed by atoms with Gasteiger partial charge in [-0.05, 0) is 37.8 Å². The molecule has 0 unspecified atom stereocenters. The topological polar surface area (TPSA) is 48.5 Å². The number of rotatable bonds is 3. The number of amides is 1. The average molecular weight is 349 g/mol. The largest absolute Gasteiger partial charge is 0.353 e. The fourth-order valence-corrected chi connectivity index (χ4v) is 4.90. The van der Waals surface area contributed by atoms with Crippen LogP contribution in [0.5, 0.6) is 0 Å². The minimum Gasteiger partial charge on any atom is -0.353 e. The first-order valence-corrected chi connectivity index (χ1v) is 9.42.